The molecule has 1 aliphatic heterocycles. The lowest BCUT2D eigenvalue weighted by atomic mass is 10.2. The predicted octanol–water partition coefficient (Wildman–Crippen LogP) is 1.60. The molecular formula is C9H12N2O3S. The normalized spacial score (nSPS) is 21.0. The standard InChI is InChI=1S/C9H12N2O3S/c1-5(2)7-10-11-9(14-7)15-6-3-4-13-8(6)12/h5-6H,3-4H2,1-2H3. The molecule has 0 aromatic carbocycles. The second-order valence-corrected chi connectivity index (χ2v) is 4.78. The Kier molecular flexibility index (Phi) is 2.95. The van der Waals surface area contributed by atoms with Crippen molar-refractivity contribution < 1.29 is 13.9 Å². The molecule has 82 valence electrons. The van der Waals surface area contributed by atoms with Crippen LogP contribution in [0.3, 0.4) is 0 Å². The van der Waals surface area contributed by atoms with Gasteiger partial charge in [-0.3, -0.25) is 4.79 Å². The van der Waals surface area contributed by atoms with Crippen LogP contribution in [0.1, 0.15) is 32.1 Å². The number of hydrogen-bond donors (Lipinski definition) is 0. The van der Waals surface area contributed by atoms with Crippen LogP contribution in [0.5, 0.6) is 0 Å². The second-order valence-electron chi connectivity index (χ2n) is 3.62. The van der Waals surface area contributed by atoms with Gasteiger partial charge in [0, 0.05) is 12.3 Å². The van der Waals surface area contributed by atoms with Crippen molar-refractivity contribution >= 4 is 17.7 Å². The summed E-state index contributed by atoms with van der Waals surface area (Å²) in [6.07, 6.45) is 0.711. The first-order chi connectivity index (χ1) is 7.16. The first kappa shape index (κ1) is 10.5. The highest BCUT2D eigenvalue weighted by Gasteiger charge is 2.29. The fourth-order valence-electron chi connectivity index (χ4n) is 1.21. The molecule has 0 aliphatic carbocycles. The summed E-state index contributed by atoms with van der Waals surface area (Å²) >= 11 is 1.28. The number of nitrogens with zero attached hydrogens (tertiary/aromatic N) is 2. The van der Waals surface area contributed by atoms with Gasteiger partial charge < -0.3 is 9.15 Å². The zero-order chi connectivity index (χ0) is 10.8. The third kappa shape index (κ3) is 2.31. The molecule has 2 rings (SSSR count). The molecule has 1 atom stereocenters. The first-order valence-corrected chi connectivity index (χ1v) is 5.71. The quantitative estimate of drug-likeness (QED) is 0.732. The van der Waals surface area contributed by atoms with Crippen molar-refractivity contribution in [1.82, 2.24) is 10.2 Å². The van der Waals surface area contributed by atoms with Crippen LogP contribution in [0, 0.1) is 0 Å². The SMILES string of the molecule is CC(C)c1nnc(SC2CCOC2=O)o1. The van der Waals surface area contributed by atoms with Crippen molar-refractivity contribution in [3.63, 3.8) is 0 Å². The van der Waals surface area contributed by atoms with Crippen LogP contribution in [-0.4, -0.2) is 28.0 Å². The number of thioether (sulfide) groups is 1. The van der Waals surface area contributed by atoms with Gasteiger partial charge in [0.2, 0.25) is 5.89 Å². The molecule has 0 N–H and O–H groups in total. The number of carbonyl (C=O) groups is 1. The Bertz CT molecular complexity index is 364. The molecule has 0 radical (unpaired) electrons. The smallest absolute Gasteiger partial charge is 0.319 e. The fourth-order valence-corrected chi connectivity index (χ4v) is 2.05. The third-order valence-corrected chi connectivity index (χ3v) is 3.13. The van der Waals surface area contributed by atoms with Crippen molar-refractivity contribution in [1.29, 1.82) is 0 Å². The Balaban J connectivity index is 2.01. The van der Waals surface area contributed by atoms with Gasteiger partial charge in [-0.25, -0.2) is 0 Å². The largest absolute Gasteiger partial charge is 0.465 e. The van der Waals surface area contributed by atoms with Gasteiger partial charge in [-0.2, -0.15) is 0 Å². The Morgan fingerprint density at radius 2 is 2.27 bits per heavy atom. The zero-order valence-corrected chi connectivity index (χ0v) is 9.41. The monoisotopic (exact) mass is 228 g/mol. The number of hydrogen-bond acceptors (Lipinski definition) is 6. The van der Waals surface area contributed by atoms with Gasteiger partial charge in [0.1, 0.15) is 5.25 Å². The van der Waals surface area contributed by atoms with E-state index in [2.05, 4.69) is 10.2 Å². The molecule has 15 heavy (non-hydrogen) atoms. The molecular weight excluding hydrogens is 216 g/mol. The van der Waals surface area contributed by atoms with Crippen LogP contribution >= 0.6 is 11.8 Å². The first-order valence-electron chi connectivity index (χ1n) is 4.83. The Morgan fingerprint density at radius 3 is 2.80 bits per heavy atom. The number of cyclic esters (lactones) is 1. The highest BCUT2D eigenvalue weighted by atomic mass is 32.2. The number of aromatic nitrogens is 2. The van der Waals surface area contributed by atoms with Crippen molar-refractivity contribution in [2.24, 2.45) is 0 Å². The summed E-state index contributed by atoms with van der Waals surface area (Å²) in [6.45, 7) is 4.44. The summed E-state index contributed by atoms with van der Waals surface area (Å²) < 4.78 is 10.2. The van der Waals surface area contributed by atoms with Crippen molar-refractivity contribution in [2.45, 2.75) is 36.7 Å². The maximum absolute atomic E-state index is 11.2. The summed E-state index contributed by atoms with van der Waals surface area (Å²) in [7, 11) is 0. The Labute approximate surface area is 91.6 Å². The van der Waals surface area contributed by atoms with E-state index in [9.17, 15) is 4.79 Å². The lowest BCUT2D eigenvalue weighted by Crippen LogP contribution is -2.09. The topological polar surface area (TPSA) is 65.2 Å². The number of ether oxygens (including phenoxy) is 1. The van der Waals surface area contributed by atoms with E-state index in [-0.39, 0.29) is 17.1 Å². The fraction of sp³-hybridized carbons (Fsp3) is 0.667. The summed E-state index contributed by atoms with van der Waals surface area (Å²) in [5, 5.41) is 8.02. The number of esters is 1. The van der Waals surface area contributed by atoms with E-state index in [0.717, 1.165) is 0 Å². The molecule has 1 unspecified atom stereocenters. The molecule has 1 fully saturated rings. The van der Waals surface area contributed by atoms with Crippen LogP contribution in [0.25, 0.3) is 0 Å². The van der Waals surface area contributed by atoms with Gasteiger partial charge in [-0.1, -0.05) is 13.8 Å². The molecule has 0 bridgehead atoms. The minimum atomic E-state index is -0.190. The number of rotatable bonds is 3. The van der Waals surface area contributed by atoms with E-state index in [4.69, 9.17) is 9.15 Å². The molecule has 0 saturated carbocycles. The Morgan fingerprint density at radius 1 is 1.47 bits per heavy atom. The average molecular weight is 228 g/mol. The van der Waals surface area contributed by atoms with E-state index >= 15 is 0 Å². The second kappa shape index (κ2) is 4.22. The van der Waals surface area contributed by atoms with Crippen LogP contribution in [-0.2, 0) is 9.53 Å². The van der Waals surface area contributed by atoms with Gasteiger partial charge in [-0.05, 0) is 11.8 Å². The summed E-state index contributed by atoms with van der Waals surface area (Å²) in [5.74, 6) is 0.621. The highest BCUT2D eigenvalue weighted by Crippen LogP contribution is 2.29. The van der Waals surface area contributed by atoms with Crippen molar-refractivity contribution in [2.75, 3.05) is 6.61 Å². The lowest BCUT2D eigenvalue weighted by molar-refractivity contribution is -0.137. The van der Waals surface area contributed by atoms with Crippen LogP contribution in [0.2, 0.25) is 0 Å². The molecule has 5 nitrogen and oxygen atoms in total. The van der Waals surface area contributed by atoms with Gasteiger partial charge in [0.25, 0.3) is 5.22 Å². The molecule has 1 aromatic heterocycles. The van der Waals surface area contributed by atoms with E-state index in [0.29, 0.717) is 24.1 Å². The molecule has 1 aromatic rings. The van der Waals surface area contributed by atoms with E-state index in [1.807, 2.05) is 13.8 Å². The number of carbonyl (C=O) groups excluding carboxylic acids is 1. The molecule has 1 aliphatic rings. The zero-order valence-electron chi connectivity index (χ0n) is 8.60. The third-order valence-electron chi connectivity index (χ3n) is 2.05. The molecule has 6 heteroatoms. The van der Waals surface area contributed by atoms with E-state index in [1.165, 1.54) is 11.8 Å². The summed E-state index contributed by atoms with van der Waals surface area (Å²) in [6, 6.07) is 0. The van der Waals surface area contributed by atoms with Crippen LogP contribution < -0.4 is 0 Å². The molecule has 1 saturated heterocycles. The van der Waals surface area contributed by atoms with Gasteiger partial charge in [0.15, 0.2) is 0 Å². The van der Waals surface area contributed by atoms with Gasteiger partial charge >= 0.3 is 5.97 Å². The molecule has 0 amide bonds. The average Bonchev–Trinajstić information content (AvgIpc) is 2.77. The molecule has 0 spiro atoms. The molecule has 2 heterocycles. The Hall–Kier alpha value is -1.04. The maximum atomic E-state index is 11.2. The summed E-state index contributed by atoms with van der Waals surface area (Å²) in [4.78, 5) is 11.2. The van der Waals surface area contributed by atoms with Crippen molar-refractivity contribution in [3.8, 4) is 0 Å². The minimum absolute atomic E-state index is 0.189. The van der Waals surface area contributed by atoms with Crippen LogP contribution in [0.4, 0.5) is 0 Å². The maximum Gasteiger partial charge on any atom is 0.319 e. The van der Waals surface area contributed by atoms with Crippen molar-refractivity contribution in [3.05, 3.63) is 5.89 Å². The van der Waals surface area contributed by atoms with Gasteiger partial charge in [-0.15, -0.1) is 10.2 Å². The van der Waals surface area contributed by atoms with E-state index < -0.39 is 0 Å². The van der Waals surface area contributed by atoms with E-state index in [1.54, 1.807) is 0 Å². The highest BCUT2D eigenvalue weighted by molar-refractivity contribution is 8.00. The van der Waals surface area contributed by atoms with Crippen LogP contribution in [0.15, 0.2) is 9.64 Å². The minimum Gasteiger partial charge on any atom is -0.465 e. The predicted molar refractivity (Wildman–Crippen MR) is 53.6 cm³/mol. The van der Waals surface area contributed by atoms with Gasteiger partial charge in [0.05, 0.1) is 6.61 Å². The summed E-state index contributed by atoms with van der Waals surface area (Å²) in [5.41, 5.74) is 0. The lowest BCUT2D eigenvalue weighted by Gasteiger charge is -1.99.